The summed E-state index contributed by atoms with van der Waals surface area (Å²) in [4.78, 5) is 25.7. The van der Waals surface area contributed by atoms with Crippen molar-refractivity contribution < 1.29 is 24.2 Å². The van der Waals surface area contributed by atoms with Crippen molar-refractivity contribution in [3.8, 4) is 0 Å². The lowest BCUT2D eigenvalue weighted by Crippen LogP contribution is -2.67. The van der Waals surface area contributed by atoms with E-state index >= 15 is 0 Å². The molecule has 1 N–H and O–H groups in total. The molecule has 0 unspecified atom stereocenters. The molecule has 0 amide bonds. The van der Waals surface area contributed by atoms with Crippen molar-refractivity contribution in [3.05, 3.63) is 82.3 Å². The molecule has 0 radical (unpaired) electrons. The lowest BCUT2D eigenvalue weighted by molar-refractivity contribution is -0.162. The Bertz CT molecular complexity index is 996. The van der Waals surface area contributed by atoms with Gasteiger partial charge in [0.1, 0.15) is 21.3 Å². The molecule has 0 fully saturated rings. The van der Waals surface area contributed by atoms with Crippen LogP contribution in [-0.2, 0) is 32.3 Å². The van der Waals surface area contributed by atoms with Gasteiger partial charge in [-0.05, 0) is 28.3 Å². The number of esters is 2. The average Bonchev–Trinajstić information content (AvgIpc) is 2.79. The zero-order valence-electron chi connectivity index (χ0n) is 20.8. The maximum Gasteiger partial charge on any atom is 0.335 e. The smallest absolute Gasteiger partial charge is 0.335 e. The van der Waals surface area contributed by atoms with Crippen molar-refractivity contribution in [2.45, 2.75) is 64.3 Å². The van der Waals surface area contributed by atoms with Crippen molar-refractivity contribution in [3.63, 3.8) is 0 Å². The quantitative estimate of drug-likeness (QED) is 0.230. The van der Waals surface area contributed by atoms with Crippen LogP contribution in [0, 0.1) is 5.92 Å². The number of benzene rings is 2. The normalized spacial score (nSPS) is 14.9. The lowest BCUT2D eigenvalue weighted by atomic mass is 10.0. The molecule has 2 aromatic rings. The fourth-order valence-electron chi connectivity index (χ4n) is 3.56. The summed E-state index contributed by atoms with van der Waals surface area (Å²) in [5.74, 6) is -1.86. The van der Waals surface area contributed by atoms with Gasteiger partial charge in [0.15, 0.2) is 5.22 Å². The van der Waals surface area contributed by atoms with E-state index in [0.29, 0.717) is 0 Å². The molecule has 34 heavy (non-hydrogen) atoms. The molecule has 184 valence electrons. The molecule has 0 aliphatic rings. The number of aliphatic hydroxyl groups is 1. The number of hydrogen-bond donors (Lipinski definition) is 1. The first-order valence-electron chi connectivity index (χ1n) is 11.3. The van der Waals surface area contributed by atoms with Gasteiger partial charge in [0, 0.05) is 16.5 Å². The van der Waals surface area contributed by atoms with Crippen molar-refractivity contribution in [2.24, 2.45) is 5.92 Å². The molecule has 2 atom stereocenters. The minimum atomic E-state index is -2.70. The Morgan fingerprint density at radius 3 is 2.06 bits per heavy atom. The van der Waals surface area contributed by atoms with E-state index in [1.54, 1.807) is 13.0 Å². The Balaban J connectivity index is 2.20. The summed E-state index contributed by atoms with van der Waals surface area (Å²) in [6.07, 6.45) is 2.84. The van der Waals surface area contributed by atoms with Crippen LogP contribution in [0.2, 0.25) is 18.1 Å². The third kappa shape index (κ3) is 6.68. The summed E-state index contributed by atoms with van der Waals surface area (Å²) < 4.78 is 11.9. The molecule has 0 spiro atoms. The minimum absolute atomic E-state index is 0.0542. The second kappa shape index (κ2) is 11.5. The Hall–Kier alpha value is -2.22. The zero-order valence-corrected chi connectivity index (χ0v) is 23.4. The molecule has 0 bridgehead atoms. The summed E-state index contributed by atoms with van der Waals surface area (Å²) in [6.45, 7) is 12.0. The molecule has 0 aliphatic carbocycles. The molecule has 0 saturated heterocycles. The second-order valence-corrected chi connectivity index (χ2v) is 16.5. The van der Waals surface area contributed by atoms with E-state index in [1.807, 2.05) is 88.5 Å². The molecular formula is C27H35BrO5Si. The van der Waals surface area contributed by atoms with Gasteiger partial charge in [-0.15, -0.1) is 0 Å². The van der Waals surface area contributed by atoms with Gasteiger partial charge < -0.3 is 14.6 Å². The first kappa shape index (κ1) is 28.0. The van der Waals surface area contributed by atoms with Crippen molar-refractivity contribution in [1.29, 1.82) is 0 Å². The molecule has 0 heterocycles. The number of carbonyl (C=O) groups excluding carboxylic acids is 2. The standard InChI is InChI=1S/C27H35BrO5Si/c1-20(12-17-24(29)32-18-21-10-8-7-9-11-21)27(31,34(5,6)26(2,3)4)25(30)33-19-22-13-15-23(28)16-14-22/h7-17,20,31H,18-19H2,1-6H3/b17-12+/t20-,27-/m1/s1. The average molecular weight is 548 g/mol. The van der Waals surface area contributed by atoms with Crippen molar-refractivity contribution in [1.82, 2.24) is 0 Å². The highest BCUT2D eigenvalue weighted by molar-refractivity contribution is 9.10. The number of hydrogen-bond acceptors (Lipinski definition) is 5. The monoisotopic (exact) mass is 546 g/mol. The van der Waals surface area contributed by atoms with Gasteiger partial charge in [0.05, 0.1) is 0 Å². The number of carbonyl (C=O) groups is 2. The summed E-state index contributed by atoms with van der Waals surface area (Å²) in [5.41, 5.74) is 1.70. The molecule has 5 nitrogen and oxygen atoms in total. The van der Waals surface area contributed by atoms with Crippen LogP contribution < -0.4 is 0 Å². The molecule has 0 saturated carbocycles. The number of rotatable bonds is 9. The van der Waals surface area contributed by atoms with E-state index in [9.17, 15) is 14.7 Å². The predicted octanol–water partition coefficient (Wildman–Crippen LogP) is 6.21. The SMILES string of the molecule is C[C@H](/C=C/C(=O)OCc1ccccc1)[C@](O)(C(=O)OCc1ccc(Br)cc1)[Si](C)(C)C(C)(C)C. The first-order valence-corrected chi connectivity index (χ1v) is 15.1. The van der Waals surface area contributed by atoms with Gasteiger partial charge >= 0.3 is 11.9 Å². The van der Waals surface area contributed by atoms with Crippen LogP contribution in [0.1, 0.15) is 38.8 Å². The molecule has 7 heteroatoms. The Morgan fingerprint density at radius 1 is 0.971 bits per heavy atom. The molecular weight excluding hydrogens is 512 g/mol. The minimum Gasteiger partial charge on any atom is -0.459 e. The van der Waals surface area contributed by atoms with Gasteiger partial charge in [-0.1, -0.05) is 105 Å². The van der Waals surface area contributed by atoms with Crippen LogP contribution in [0.3, 0.4) is 0 Å². The van der Waals surface area contributed by atoms with E-state index in [1.165, 1.54) is 6.08 Å². The Labute approximate surface area is 212 Å². The summed E-state index contributed by atoms with van der Waals surface area (Å²) in [6, 6.07) is 16.8. The van der Waals surface area contributed by atoms with Gasteiger partial charge in [-0.3, -0.25) is 0 Å². The van der Waals surface area contributed by atoms with Gasteiger partial charge in [-0.2, -0.15) is 0 Å². The second-order valence-electron chi connectivity index (χ2n) is 10.1. The molecule has 0 aliphatic heterocycles. The highest BCUT2D eigenvalue weighted by atomic mass is 79.9. The number of ether oxygens (including phenoxy) is 2. The van der Waals surface area contributed by atoms with Gasteiger partial charge in [0.2, 0.25) is 0 Å². The highest BCUT2D eigenvalue weighted by Gasteiger charge is 2.60. The van der Waals surface area contributed by atoms with Crippen LogP contribution >= 0.6 is 15.9 Å². The fraction of sp³-hybridized carbons (Fsp3) is 0.407. The van der Waals surface area contributed by atoms with E-state index in [4.69, 9.17) is 9.47 Å². The highest BCUT2D eigenvalue weighted by Crippen LogP contribution is 2.46. The summed E-state index contributed by atoms with van der Waals surface area (Å²) >= 11 is 3.39. The van der Waals surface area contributed by atoms with Crippen molar-refractivity contribution in [2.75, 3.05) is 0 Å². The van der Waals surface area contributed by atoms with E-state index < -0.39 is 31.2 Å². The maximum atomic E-state index is 13.4. The maximum absolute atomic E-state index is 13.4. The largest absolute Gasteiger partial charge is 0.459 e. The van der Waals surface area contributed by atoms with E-state index in [-0.39, 0.29) is 18.3 Å². The zero-order chi connectivity index (χ0) is 25.6. The van der Waals surface area contributed by atoms with Crippen LogP contribution in [-0.4, -0.2) is 30.3 Å². The van der Waals surface area contributed by atoms with Crippen LogP contribution in [0.5, 0.6) is 0 Å². The Morgan fingerprint density at radius 2 is 1.50 bits per heavy atom. The topological polar surface area (TPSA) is 72.8 Å². The lowest BCUT2D eigenvalue weighted by Gasteiger charge is -2.49. The third-order valence-corrected chi connectivity index (χ3v) is 13.7. The number of halogens is 1. The summed E-state index contributed by atoms with van der Waals surface area (Å²) in [7, 11) is -2.70. The predicted molar refractivity (Wildman–Crippen MR) is 141 cm³/mol. The van der Waals surface area contributed by atoms with Crippen molar-refractivity contribution >= 4 is 35.9 Å². The third-order valence-electron chi connectivity index (χ3n) is 6.83. The molecule has 2 rings (SSSR count). The van der Waals surface area contributed by atoms with Crippen LogP contribution in [0.4, 0.5) is 0 Å². The molecule has 0 aromatic heterocycles. The van der Waals surface area contributed by atoms with Gasteiger partial charge in [0.25, 0.3) is 0 Å². The van der Waals surface area contributed by atoms with Crippen LogP contribution in [0.25, 0.3) is 0 Å². The summed E-state index contributed by atoms with van der Waals surface area (Å²) in [5, 5.41) is 9.87. The molecule has 2 aromatic carbocycles. The van der Waals surface area contributed by atoms with E-state index in [0.717, 1.165) is 15.6 Å². The fourth-order valence-corrected chi connectivity index (χ4v) is 6.79. The van der Waals surface area contributed by atoms with Crippen LogP contribution in [0.15, 0.2) is 71.2 Å². The van der Waals surface area contributed by atoms with Gasteiger partial charge in [-0.25, -0.2) is 9.59 Å². The first-order chi connectivity index (χ1) is 15.8. The Kier molecular flexibility index (Phi) is 9.45. The van der Waals surface area contributed by atoms with E-state index in [2.05, 4.69) is 15.9 Å².